The van der Waals surface area contributed by atoms with Gasteiger partial charge in [0, 0.05) is 6.42 Å². The molecule has 1 aliphatic heterocycles. The van der Waals surface area contributed by atoms with E-state index in [0.29, 0.717) is 0 Å². The van der Waals surface area contributed by atoms with E-state index in [1.54, 1.807) is 0 Å². The van der Waals surface area contributed by atoms with E-state index in [1.807, 2.05) is 0 Å². The van der Waals surface area contributed by atoms with Gasteiger partial charge in [-0.05, 0) is 0 Å². The number of nitrogen functional groups attached to an aromatic ring is 2. The van der Waals surface area contributed by atoms with E-state index in [2.05, 4.69) is 15.3 Å². The molecule has 2 heterocycles. The van der Waals surface area contributed by atoms with Crippen LogP contribution in [0.15, 0.2) is 0 Å². The Bertz CT molecular complexity index is 487. The molecule has 8 heteroatoms. The normalized spacial score (nSPS) is 18.8. The topological polar surface area (TPSA) is 144 Å². The molecule has 0 saturated carbocycles. The lowest BCUT2D eigenvalue weighted by Gasteiger charge is -2.22. The molecule has 8 nitrogen and oxygen atoms in total. The third-order valence-corrected chi connectivity index (χ3v) is 2.29. The monoisotopic (exact) mass is 223 g/mol. The number of carboxylic acid groups (broad SMARTS) is 1. The maximum Gasteiger partial charge on any atom is 0.311 e. The van der Waals surface area contributed by atoms with E-state index in [1.165, 1.54) is 0 Å². The van der Waals surface area contributed by atoms with Crippen molar-refractivity contribution in [3.8, 4) is 0 Å². The van der Waals surface area contributed by atoms with Crippen molar-refractivity contribution in [3.05, 3.63) is 5.56 Å². The van der Waals surface area contributed by atoms with E-state index in [0.717, 1.165) is 0 Å². The average molecular weight is 223 g/mol. The van der Waals surface area contributed by atoms with Gasteiger partial charge >= 0.3 is 5.97 Å². The van der Waals surface area contributed by atoms with Gasteiger partial charge in [0.2, 0.25) is 11.9 Å². The van der Waals surface area contributed by atoms with Gasteiger partial charge in [0.1, 0.15) is 11.6 Å². The molecule has 2 rings (SSSR count). The molecule has 0 radical (unpaired) electrons. The van der Waals surface area contributed by atoms with E-state index < -0.39 is 17.8 Å². The van der Waals surface area contributed by atoms with Gasteiger partial charge in [0.05, 0.1) is 11.5 Å². The Hall–Kier alpha value is -2.38. The number of amides is 1. The van der Waals surface area contributed by atoms with Crippen LogP contribution in [0.1, 0.15) is 17.9 Å². The van der Waals surface area contributed by atoms with E-state index in [-0.39, 0.29) is 29.6 Å². The number of aliphatic carboxylic acids is 1. The summed E-state index contributed by atoms with van der Waals surface area (Å²) in [5.74, 6) is -2.65. The summed E-state index contributed by atoms with van der Waals surface area (Å²) in [6.07, 6.45) is -0.181. The molecule has 0 saturated heterocycles. The summed E-state index contributed by atoms with van der Waals surface area (Å²) in [7, 11) is 0. The zero-order valence-corrected chi connectivity index (χ0v) is 8.10. The Morgan fingerprint density at radius 2 is 2.12 bits per heavy atom. The second-order valence-corrected chi connectivity index (χ2v) is 3.37. The van der Waals surface area contributed by atoms with Crippen molar-refractivity contribution in [1.29, 1.82) is 0 Å². The highest BCUT2D eigenvalue weighted by molar-refractivity contribution is 6.00. The van der Waals surface area contributed by atoms with Gasteiger partial charge in [-0.1, -0.05) is 0 Å². The summed E-state index contributed by atoms with van der Waals surface area (Å²) in [5.41, 5.74) is 11.1. The molecule has 1 atom stereocenters. The number of carbonyl (C=O) groups excluding carboxylic acids is 1. The first-order chi connectivity index (χ1) is 7.49. The van der Waals surface area contributed by atoms with Crippen molar-refractivity contribution < 1.29 is 14.7 Å². The van der Waals surface area contributed by atoms with Gasteiger partial charge in [-0.2, -0.15) is 9.97 Å². The van der Waals surface area contributed by atoms with Crippen LogP contribution in [-0.2, 0) is 9.59 Å². The lowest BCUT2D eigenvalue weighted by Crippen LogP contribution is -2.29. The van der Waals surface area contributed by atoms with Gasteiger partial charge < -0.3 is 21.9 Å². The number of carbonyl (C=O) groups is 2. The average Bonchev–Trinajstić information content (AvgIpc) is 2.14. The van der Waals surface area contributed by atoms with Gasteiger partial charge in [0.25, 0.3) is 0 Å². The second kappa shape index (κ2) is 3.33. The van der Waals surface area contributed by atoms with Gasteiger partial charge in [-0.3, -0.25) is 9.59 Å². The Morgan fingerprint density at radius 1 is 1.44 bits per heavy atom. The van der Waals surface area contributed by atoms with Crippen molar-refractivity contribution in [3.63, 3.8) is 0 Å². The molecule has 6 N–H and O–H groups in total. The summed E-state index contributed by atoms with van der Waals surface area (Å²) in [6.45, 7) is 0. The van der Waals surface area contributed by atoms with Gasteiger partial charge in [-0.25, -0.2) is 0 Å². The van der Waals surface area contributed by atoms with Crippen LogP contribution in [0.25, 0.3) is 0 Å². The number of aromatic nitrogens is 2. The Morgan fingerprint density at radius 3 is 2.75 bits per heavy atom. The standard InChI is InChI=1S/C8H9N5O3/c9-5-4-2(7(15)16)1-3(14)11-6(4)13-8(10)12-5/h2H,1H2,(H,15,16)(H5,9,10,11,12,13,14)/t2-/m1/s1. The first-order valence-corrected chi connectivity index (χ1v) is 4.44. The molecular formula is C8H9N5O3. The molecule has 1 aromatic heterocycles. The van der Waals surface area contributed by atoms with Crippen LogP contribution in [0, 0.1) is 0 Å². The minimum atomic E-state index is -1.14. The number of nitrogens with one attached hydrogen (secondary N) is 1. The van der Waals surface area contributed by atoms with Crippen LogP contribution < -0.4 is 16.8 Å². The van der Waals surface area contributed by atoms with E-state index in [4.69, 9.17) is 16.6 Å². The van der Waals surface area contributed by atoms with Gasteiger partial charge in [-0.15, -0.1) is 0 Å². The molecule has 16 heavy (non-hydrogen) atoms. The number of carboxylic acids is 1. The zero-order chi connectivity index (χ0) is 11.9. The quantitative estimate of drug-likeness (QED) is 0.485. The molecule has 1 aromatic rings. The summed E-state index contributed by atoms with van der Waals surface area (Å²) in [4.78, 5) is 29.6. The lowest BCUT2D eigenvalue weighted by molar-refractivity contribution is -0.140. The zero-order valence-electron chi connectivity index (χ0n) is 8.10. The van der Waals surface area contributed by atoms with E-state index in [9.17, 15) is 9.59 Å². The summed E-state index contributed by atoms with van der Waals surface area (Å²) in [6, 6.07) is 0. The van der Waals surface area contributed by atoms with Crippen molar-refractivity contribution in [2.45, 2.75) is 12.3 Å². The summed E-state index contributed by atoms with van der Waals surface area (Å²) < 4.78 is 0. The number of anilines is 3. The van der Waals surface area contributed by atoms with Crippen LogP contribution in [0.5, 0.6) is 0 Å². The largest absolute Gasteiger partial charge is 0.481 e. The van der Waals surface area contributed by atoms with Crippen molar-refractivity contribution in [1.82, 2.24) is 9.97 Å². The van der Waals surface area contributed by atoms with Crippen LogP contribution in [0.3, 0.4) is 0 Å². The Labute approximate surface area is 89.7 Å². The third kappa shape index (κ3) is 1.49. The van der Waals surface area contributed by atoms with Crippen molar-refractivity contribution >= 4 is 29.5 Å². The molecule has 84 valence electrons. The molecule has 0 spiro atoms. The van der Waals surface area contributed by atoms with E-state index >= 15 is 0 Å². The minimum absolute atomic E-state index is 0.0186. The maximum atomic E-state index is 11.2. The Kier molecular flexibility index (Phi) is 2.11. The Balaban J connectivity index is 2.61. The molecule has 0 aromatic carbocycles. The molecule has 1 amide bonds. The predicted octanol–water partition coefficient (Wildman–Crippen LogP) is -0.849. The first-order valence-electron chi connectivity index (χ1n) is 4.44. The second-order valence-electron chi connectivity index (χ2n) is 3.37. The fourth-order valence-corrected chi connectivity index (χ4v) is 1.62. The van der Waals surface area contributed by atoms with Crippen LogP contribution in [0.2, 0.25) is 0 Å². The number of nitrogens with two attached hydrogens (primary N) is 2. The molecule has 0 fully saturated rings. The number of rotatable bonds is 1. The highest BCUT2D eigenvalue weighted by atomic mass is 16.4. The fourth-order valence-electron chi connectivity index (χ4n) is 1.62. The van der Waals surface area contributed by atoms with Gasteiger partial charge in [0.15, 0.2) is 0 Å². The number of hydrogen-bond donors (Lipinski definition) is 4. The highest BCUT2D eigenvalue weighted by Crippen LogP contribution is 2.34. The third-order valence-electron chi connectivity index (χ3n) is 2.29. The predicted molar refractivity (Wildman–Crippen MR) is 54.5 cm³/mol. The number of nitrogens with zero attached hydrogens (tertiary/aromatic N) is 2. The summed E-state index contributed by atoms with van der Waals surface area (Å²) >= 11 is 0. The fraction of sp³-hybridized carbons (Fsp3) is 0.250. The molecule has 0 unspecified atom stereocenters. The SMILES string of the molecule is Nc1nc(N)c2c(n1)NC(=O)C[C@H]2C(=O)O. The number of hydrogen-bond acceptors (Lipinski definition) is 6. The minimum Gasteiger partial charge on any atom is -0.481 e. The lowest BCUT2D eigenvalue weighted by atomic mass is 9.93. The van der Waals surface area contributed by atoms with Crippen LogP contribution in [0.4, 0.5) is 17.6 Å². The van der Waals surface area contributed by atoms with Crippen LogP contribution >= 0.6 is 0 Å². The first kappa shape index (κ1) is 10.1. The molecular weight excluding hydrogens is 214 g/mol. The maximum absolute atomic E-state index is 11.2. The number of fused-ring (bicyclic) bond motifs is 1. The highest BCUT2D eigenvalue weighted by Gasteiger charge is 2.34. The molecule has 0 bridgehead atoms. The smallest absolute Gasteiger partial charge is 0.311 e. The molecule has 0 aliphatic carbocycles. The van der Waals surface area contributed by atoms with Crippen LogP contribution in [-0.4, -0.2) is 27.0 Å². The van der Waals surface area contributed by atoms with Crippen molar-refractivity contribution in [2.75, 3.05) is 16.8 Å². The molecule has 1 aliphatic rings. The summed E-state index contributed by atoms with van der Waals surface area (Å²) in [5, 5.41) is 11.4. The van der Waals surface area contributed by atoms with Crippen molar-refractivity contribution in [2.24, 2.45) is 0 Å².